The van der Waals surface area contributed by atoms with E-state index in [1.54, 1.807) is 13.8 Å². The van der Waals surface area contributed by atoms with Crippen LogP contribution < -0.4 is 5.32 Å². The van der Waals surface area contributed by atoms with E-state index >= 15 is 0 Å². The summed E-state index contributed by atoms with van der Waals surface area (Å²) in [6.45, 7) is 3.48. The van der Waals surface area contributed by atoms with E-state index in [-0.39, 0.29) is 17.7 Å². The zero-order chi connectivity index (χ0) is 16.2. The summed E-state index contributed by atoms with van der Waals surface area (Å²) in [6, 6.07) is 0. The summed E-state index contributed by atoms with van der Waals surface area (Å²) in [7, 11) is 0. The number of carbonyl (C=O) groups excluding carboxylic acids is 2. The highest BCUT2D eigenvalue weighted by molar-refractivity contribution is 6.18. The molecule has 2 saturated heterocycles. The van der Waals surface area contributed by atoms with Crippen LogP contribution in [0.1, 0.15) is 39.5 Å². The molecule has 6 heteroatoms. The fourth-order valence-electron chi connectivity index (χ4n) is 4.19. The number of carbonyl (C=O) groups is 2. The van der Waals surface area contributed by atoms with E-state index in [9.17, 15) is 14.7 Å². The zero-order valence-electron chi connectivity index (χ0n) is 12.9. The van der Waals surface area contributed by atoms with Crippen LogP contribution in [-0.2, 0) is 14.3 Å². The molecular weight excluding hydrogens is 306 g/mol. The second-order valence-electron chi connectivity index (χ2n) is 6.92. The van der Waals surface area contributed by atoms with E-state index in [0.29, 0.717) is 6.42 Å². The van der Waals surface area contributed by atoms with Gasteiger partial charge < -0.3 is 15.2 Å². The molecule has 2 fully saturated rings. The van der Waals surface area contributed by atoms with Crippen molar-refractivity contribution in [2.75, 3.05) is 5.88 Å². The molecule has 122 valence electrons. The van der Waals surface area contributed by atoms with Gasteiger partial charge in [0.05, 0.1) is 11.5 Å². The van der Waals surface area contributed by atoms with Crippen LogP contribution in [0.3, 0.4) is 0 Å². The summed E-state index contributed by atoms with van der Waals surface area (Å²) >= 11 is 5.85. The number of halogens is 1. The monoisotopic (exact) mass is 327 g/mol. The predicted octanol–water partition coefficient (Wildman–Crippen LogP) is 1.52. The Balaban J connectivity index is 2.01. The fraction of sp³-hybridized carbons (Fsp3) is 0.750. The molecule has 1 aliphatic carbocycles. The molecule has 0 radical (unpaired) electrons. The van der Waals surface area contributed by atoms with Gasteiger partial charge in [0.2, 0.25) is 11.4 Å². The standard InChI is InChI=1S/C16H22ClNO4/c1-14(8-9-17)12(20)18-16(13(21)22-15(14,16)2)11(19)10-6-4-3-5-7-10/h4,6,10-11,19H,3,5,7-9H2,1-2H3,(H,18,20)/t10-,11?,14+,15+,16+/m1/s1. The molecule has 0 bridgehead atoms. The number of allylic oxidation sites excluding steroid dienone is 1. The van der Waals surface area contributed by atoms with Crippen molar-refractivity contribution in [3.63, 3.8) is 0 Å². The number of hydrogen-bond donors (Lipinski definition) is 2. The van der Waals surface area contributed by atoms with Crippen LogP contribution >= 0.6 is 11.6 Å². The van der Waals surface area contributed by atoms with Gasteiger partial charge in [0, 0.05) is 11.8 Å². The van der Waals surface area contributed by atoms with E-state index in [2.05, 4.69) is 5.32 Å². The molecule has 0 aromatic carbocycles. The Labute approximate surface area is 135 Å². The second-order valence-corrected chi connectivity index (χ2v) is 7.30. The summed E-state index contributed by atoms with van der Waals surface area (Å²) in [5.41, 5.74) is -3.37. The molecule has 0 aromatic rings. The Bertz CT molecular complexity index is 550. The normalized spacial score (nSPS) is 44.8. The van der Waals surface area contributed by atoms with Crippen molar-refractivity contribution in [2.45, 2.75) is 56.8 Å². The maximum atomic E-state index is 12.6. The Hall–Kier alpha value is -1.07. The van der Waals surface area contributed by atoms with Crippen molar-refractivity contribution < 1.29 is 19.4 Å². The van der Waals surface area contributed by atoms with Crippen molar-refractivity contribution in [1.29, 1.82) is 0 Å². The number of ether oxygens (including phenoxy) is 1. The molecule has 2 heterocycles. The summed E-state index contributed by atoms with van der Waals surface area (Å²) in [5.74, 6) is -0.694. The van der Waals surface area contributed by atoms with Crippen molar-refractivity contribution in [3.8, 4) is 0 Å². The predicted molar refractivity (Wildman–Crippen MR) is 81.3 cm³/mol. The number of alkyl halides is 1. The molecule has 3 rings (SSSR count). The first-order valence-corrected chi connectivity index (χ1v) is 8.34. The van der Waals surface area contributed by atoms with Crippen molar-refractivity contribution in [3.05, 3.63) is 12.2 Å². The van der Waals surface area contributed by atoms with E-state index in [1.165, 1.54) is 0 Å². The largest absolute Gasteiger partial charge is 0.453 e. The van der Waals surface area contributed by atoms with Gasteiger partial charge in [-0.1, -0.05) is 12.2 Å². The molecule has 2 N–H and O–H groups in total. The number of nitrogens with one attached hydrogen (secondary N) is 1. The molecule has 0 aromatic heterocycles. The maximum absolute atomic E-state index is 12.6. The minimum Gasteiger partial charge on any atom is -0.453 e. The van der Waals surface area contributed by atoms with Gasteiger partial charge in [-0.05, 0) is 39.5 Å². The topological polar surface area (TPSA) is 75.6 Å². The first-order valence-electron chi connectivity index (χ1n) is 7.80. The number of esters is 1. The number of fused-ring (bicyclic) bond motifs is 1. The average molecular weight is 328 g/mol. The molecule has 1 unspecified atom stereocenters. The number of hydrogen-bond acceptors (Lipinski definition) is 4. The molecule has 22 heavy (non-hydrogen) atoms. The summed E-state index contributed by atoms with van der Waals surface area (Å²) in [6.07, 6.45) is 6.10. The molecule has 0 saturated carbocycles. The van der Waals surface area contributed by atoms with E-state index in [1.807, 2.05) is 12.2 Å². The molecule has 1 amide bonds. The Morgan fingerprint density at radius 3 is 2.77 bits per heavy atom. The van der Waals surface area contributed by atoms with Gasteiger partial charge in [-0.3, -0.25) is 4.79 Å². The number of amides is 1. The second kappa shape index (κ2) is 4.96. The lowest BCUT2D eigenvalue weighted by Crippen LogP contribution is -2.81. The Kier molecular flexibility index (Phi) is 3.57. The SMILES string of the molecule is C[C@@]12OC(=O)[C@]1(C(O)[C@@H]1C=CCCC1)NC(=O)[C@]2(C)CCCl. The third-order valence-corrected chi connectivity index (χ3v) is 6.16. The molecule has 0 spiro atoms. The van der Waals surface area contributed by atoms with Crippen LogP contribution in [0.15, 0.2) is 12.2 Å². The van der Waals surface area contributed by atoms with Crippen LogP contribution in [0.2, 0.25) is 0 Å². The lowest BCUT2D eigenvalue weighted by Gasteiger charge is -2.56. The van der Waals surface area contributed by atoms with Gasteiger partial charge in [-0.25, -0.2) is 4.79 Å². The lowest BCUT2D eigenvalue weighted by molar-refractivity contribution is -0.249. The van der Waals surface area contributed by atoms with Gasteiger partial charge in [0.15, 0.2) is 5.60 Å². The van der Waals surface area contributed by atoms with Crippen molar-refractivity contribution >= 4 is 23.5 Å². The lowest BCUT2D eigenvalue weighted by atomic mass is 9.59. The van der Waals surface area contributed by atoms with E-state index in [0.717, 1.165) is 19.3 Å². The number of rotatable bonds is 4. The van der Waals surface area contributed by atoms with Crippen LogP contribution in [0.25, 0.3) is 0 Å². The fourth-order valence-corrected chi connectivity index (χ4v) is 4.57. The maximum Gasteiger partial charge on any atom is 0.339 e. The van der Waals surface area contributed by atoms with Crippen LogP contribution in [0, 0.1) is 11.3 Å². The Morgan fingerprint density at radius 1 is 1.50 bits per heavy atom. The quantitative estimate of drug-likeness (QED) is 0.466. The van der Waals surface area contributed by atoms with Crippen LogP contribution in [-0.4, -0.2) is 40.1 Å². The Morgan fingerprint density at radius 2 is 2.23 bits per heavy atom. The van der Waals surface area contributed by atoms with Gasteiger partial charge >= 0.3 is 5.97 Å². The highest BCUT2D eigenvalue weighted by Crippen LogP contribution is 2.59. The summed E-state index contributed by atoms with van der Waals surface area (Å²) in [5, 5.41) is 13.7. The van der Waals surface area contributed by atoms with E-state index in [4.69, 9.17) is 16.3 Å². The van der Waals surface area contributed by atoms with Gasteiger partial charge in [-0.15, -0.1) is 11.6 Å². The van der Waals surface area contributed by atoms with Gasteiger partial charge in [-0.2, -0.15) is 0 Å². The van der Waals surface area contributed by atoms with Crippen molar-refractivity contribution in [2.24, 2.45) is 11.3 Å². The molecule has 5 atom stereocenters. The number of aliphatic hydroxyl groups is 1. The van der Waals surface area contributed by atoms with E-state index < -0.39 is 28.6 Å². The number of aliphatic hydroxyl groups excluding tert-OH is 1. The summed E-state index contributed by atoms with van der Waals surface area (Å²) in [4.78, 5) is 24.9. The molecule has 3 aliphatic rings. The third-order valence-electron chi connectivity index (χ3n) is 5.97. The van der Waals surface area contributed by atoms with Crippen molar-refractivity contribution in [1.82, 2.24) is 5.32 Å². The minimum atomic E-state index is -1.36. The smallest absolute Gasteiger partial charge is 0.339 e. The minimum absolute atomic E-state index is 0.153. The first kappa shape index (κ1) is 15.8. The van der Waals surface area contributed by atoms with Crippen LogP contribution in [0.4, 0.5) is 0 Å². The average Bonchev–Trinajstić information content (AvgIpc) is 2.64. The highest BCUT2D eigenvalue weighted by atomic mass is 35.5. The molecular formula is C16H22ClNO4. The molecule has 5 nitrogen and oxygen atoms in total. The molecule has 2 aliphatic heterocycles. The van der Waals surface area contributed by atoms with Gasteiger partial charge in [0.1, 0.15) is 0 Å². The van der Waals surface area contributed by atoms with Gasteiger partial charge in [0.25, 0.3) is 0 Å². The van der Waals surface area contributed by atoms with Crippen LogP contribution in [0.5, 0.6) is 0 Å². The first-order chi connectivity index (χ1) is 10.3. The highest BCUT2D eigenvalue weighted by Gasteiger charge is 2.83. The zero-order valence-corrected chi connectivity index (χ0v) is 13.7. The third kappa shape index (κ3) is 1.64. The summed E-state index contributed by atoms with van der Waals surface area (Å²) < 4.78 is 5.44.